The first kappa shape index (κ1) is 19.3. The van der Waals surface area contributed by atoms with Gasteiger partial charge in [0.1, 0.15) is 5.75 Å². The van der Waals surface area contributed by atoms with E-state index in [1.54, 1.807) is 25.4 Å². The second kappa shape index (κ2) is 8.45. The van der Waals surface area contributed by atoms with Crippen molar-refractivity contribution in [3.8, 4) is 5.75 Å². The molecule has 1 N–H and O–H groups in total. The number of benzene rings is 2. The van der Waals surface area contributed by atoms with Crippen LogP contribution in [-0.2, 0) is 10.0 Å². The van der Waals surface area contributed by atoms with Gasteiger partial charge in [0.2, 0.25) is 10.0 Å². The van der Waals surface area contributed by atoms with Gasteiger partial charge in [0, 0.05) is 23.2 Å². The van der Waals surface area contributed by atoms with Gasteiger partial charge < -0.3 is 4.74 Å². The van der Waals surface area contributed by atoms with E-state index in [-0.39, 0.29) is 10.8 Å². The zero-order chi connectivity index (χ0) is 19.3. The number of hydrogen-bond donors (Lipinski definition) is 1. The van der Waals surface area contributed by atoms with Crippen LogP contribution in [-0.4, -0.2) is 32.3 Å². The second-order valence-electron chi connectivity index (χ2n) is 6.43. The van der Waals surface area contributed by atoms with Crippen LogP contribution in [0.1, 0.15) is 31.4 Å². The Hall–Kier alpha value is -2.51. The Morgan fingerprint density at radius 1 is 1.11 bits per heavy atom. The Balaban J connectivity index is 1.57. The van der Waals surface area contributed by atoms with Gasteiger partial charge in [-0.3, -0.25) is 0 Å². The number of aromatic nitrogens is 2. The van der Waals surface area contributed by atoms with Gasteiger partial charge in [-0.15, -0.1) is 0 Å². The largest absolute Gasteiger partial charge is 0.497 e. The van der Waals surface area contributed by atoms with Crippen molar-refractivity contribution in [2.75, 3.05) is 13.7 Å². The predicted octanol–water partition coefficient (Wildman–Crippen LogP) is 3.50. The zero-order valence-corrected chi connectivity index (χ0v) is 16.2. The van der Waals surface area contributed by atoms with Crippen LogP contribution in [0.15, 0.2) is 59.6 Å². The lowest BCUT2D eigenvalue weighted by Gasteiger charge is -2.13. The Morgan fingerprint density at radius 3 is 2.59 bits per heavy atom. The van der Waals surface area contributed by atoms with E-state index in [1.807, 2.05) is 24.3 Å². The van der Waals surface area contributed by atoms with E-state index in [1.165, 1.54) is 12.1 Å². The molecule has 27 heavy (non-hydrogen) atoms. The maximum atomic E-state index is 12.3. The number of nitrogens with zero attached hydrogens (tertiary/aromatic N) is 2. The maximum Gasteiger partial charge on any atom is 0.240 e. The lowest BCUT2D eigenvalue weighted by molar-refractivity contribution is 0.414. The van der Waals surface area contributed by atoms with Gasteiger partial charge in [0.15, 0.2) is 0 Å². The molecule has 0 aliphatic rings. The molecular weight excluding hydrogens is 362 g/mol. The van der Waals surface area contributed by atoms with E-state index in [9.17, 15) is 8.42 Å². The van der Waals surface area contributed by atoms with Crippen molar-refractivity contribution in [1.29, 1.82) is 0 Å². The average molecular weight is 385 g/mol. The minimum absolute atomic E-state index is 0.189. The second-order valence-corrected chi connectivity index (χ2v) is 8.20. The molecule has 1 aromatic heterocycles. The molecule has 0 aliphatic carbocycles. The number of nitrogens with one attached hydrogen (secondary N) is 1. The minimum Gasteiger partial charge on any atom is -0.497 e. The summed E-state index contributed by atoms with van der Waals surface area (Å²) in [4.78, 5) is 0.233. The van der Waals surface area contributed by atoms with Gasteiger partial charge >= 0.3 is 0 Å². The Morgan fingerprint density at radius 2 is 1.85 bits per heavy atom. The molecule has 3 aromatic rings. The first-order chi connectivity index (χ1) is 13.0. The first-order valence-corrected chi connectivity index (χ1v) is 10.3. The Bertz CT molecular complexity index is 999. The molecule has 1 unspecified atom stereocenters. The number of ether oxygens (including phenoxy) is 1. The van der Waals surface area contributed by atoms with Crippen LogP contribution in [0.25, 0.3) is 10.8 Å². The van der Waals surface area contributed by atoms with Gasteiger partial charge in [-0.1, -0.05) is 31.2 Å². The summed E-state index contributed by atoms with van der Waals surface area (Å²) in [6.07, 6.45) is 3.28. The maximum absolute atomic E-state index is 12.3. The summed E-state index contributed by atoms with van der Waals surface area (Å²) in [5.41, 5.74) is 0.950. The van der Waals surface area contributed by atoms with E-state index in [0.29, 0.717) is 18.7 Å². The standard InChI is InChI=1S/C20H23N3O3S/c1-15(20-19-8-4-3-7-16(19)14-21-23-20)6-5-13-22-27(24,25)18-11-9-17(26-2)10-12-18/h3-4,7-12,14-15,22H,5-6,13H2,1-2H3. The summed E-state index contributed by atoms with van der Waals surface area (Å²) < 4.78 is 32.4. The molecule has 0 aliphatic heterocycles. The summed E-state index contributed by atoms with van der Waals surface area (Å²) in [5.74, 6) is 0.813. The summed E-state index contributed by atoms with van der Waals surface area (Å²) in [6.45, 7) is 2.46. The summed E-state index contributed by atoms with van der Waals surface area (Å²) in [5, 5.41) is 10.5. The third-order valence-electron chi connectivity index (χ3n) is 4.54. The van der Waals surface area contributed by atoms with Crippen LogP contribution in [0.3, 0.4) is 0 Å². The van der Waals surface area contributed by atoms with E-state index in [0.717, 1.165) is 22.9 Å². The van der Waals surface area contributed by atoms with E-state index >= 15 is 0 Å². The van der Waals surface area contributed by atoms with E-state index in [2.05, 4.69) is 21.8 Å². The Labute approximate surface area is 159 Å². The van der Waals surface area contributed by atoms with Crippen molar-refractivity contribution < 1.29 is 13.2 Å². The van der Waals surface area contributed by atoms with Crippen molar-refractivity contribution >= 4 is 20.8 Å². The highest BCUT2D eigenvalue weighted by Gasteiger charge is 2.15. The molecular formula is C20H23N3O3S. The molecule has 0 spiro atoms. The monoisotopic (exact) mass is 385 g/mol. The first-order valence-electron chi connectivity index (χ1n) is 8.85. The molecule has 0 saturated carbocycles. The fourth-order valence-corrected chi connectivity index (χ4v) is 4.08. The zero-order valence-electron chi connectivity index (χ0n) is 15.4. The molecule has 7 heteroatoms. The molecule has 1 atom stereocenters. The highest BCUT2D eigenvalue weighted by atomic mass is 32.2. The van der Waals surface area contributed by atoms with Crippen LogP contribution in [0.4, 0.5) is 0 Å². The van der Waals surface area contributed by atoms with Gasteiger partial charge in [0.05, 0.1) is 23.9 Å². The quantitative estimate of drug-likeness (QED) is 0.600. The third kappa shape index (κ3) is 4.61. The highest BCUT2D eigenvalue weighted by molar-refractivity contribution is 7.89. The lowest BCUT2D eigenvalue weighted by atomic mass is 9.97. The van der Waals surface area contributed by atoms with E-state index < -0.39 is 10.0 Å². The van der Waals surface area contributed by atoms with Crippen molar-refractivity contribution in [1.82, 2.24) is 14.9 Å². The molecule has 0 saturated heterocycles. The fraction of sp³-hybridized carbons (Fsp3) is 0.300. The minimum atomic E-state index is -3.52. The number of fused-ring (bicyclic) bond motifs is 1. The normalized spacial score (nSPS) is 12.8. The predicted molar refractivity (Wildman–Crippen MR) is 105 cm³/mol. The van der Waals surface area contributed by atoms with Crippen molar-refractivity contribution in [2.24, 2.45) is 0 Å². The lowest BCUT2D eigenvalue weighted by Crippen LogP contribution is -2.25. The number of sulfonamides is 1. The summed E-state index contributed by atoms with van der Waals surface area (Å²) >= 11 is 0. The molecule has 142 valence electrons. The molecule has 6 nitrogen and oxygen atoms in total. The summed E-state index contributed by atoms with van der Waals surface area (Å²) in [7, 11) is -1.97. The topological polar surface area (TPSA) is 81.2 Å². The number of rotatable bonds is 8. The molecule has 0 fully saturated rings. The van der Waals surface area contributed by atoms with Crippen LogP contribution in [0.2, 0.25) is 0 Å². The SMILES string of the molecule is COc1ccc(S(=O)(=O)NCCCC(C)c2nncc3ccccc23)cc1. The molecule has 0 bridgehead atoms. The smallest absolute Gasteiger partial charge is 0.240 e. The van der Waals surface area contributed by atoms with Crippen LogP contribution in [0, 0.1) is 0 Å². The molecule has 3 rings (SSSR count). The average Bonchev–Trinajstić information content (AvgIpc) is 2.70. The number of hydrogen-bond acceptors (Lipinski definition) is 5. The van der Waals surface area contributed by atoms with Gasteiger partial charge in [-0.05, 0) is 37.1 Å². The number of methoxy groups -OCH3 is 1. The van der Waals surface area contributed by atoms with Gasteiger partial charge in [-0.25, -0.2) is 13.1 Å². The Kier molecular flexibility index (Phi) is 6.03. The highest BCUT2D eigenvalue weighted by Crippen LogP contribution is 2.25. The van der Waals surface area contributed by atoms with Crippen LogP contribution in [0.5, 0.6) is 5.75 Å². The summed E-state index contributed by atoms with van der Waals surface area (Å²) in [6, 6.07) is 14.4. The van der Waals surface area contributed by atoms with Gasteiger partial charge in [0.25, 0.3) is 0 Å². The molecule has 1 heterocycles. The van der Waals surface area contributed by atoms with Crippen LogP contribution >= 0.6 is 0 Å². The van der Waals surface area contributed by atoms with Crippen molar-refractivity contribution in [3.63, 3.8) is 0 Å². The van der Waals surface area contributed by atoms with Crippen molar-refractivity contribution in [3.05, 3.63) is 60.4 Å². The third-order valence-corrected chi connectivity index (χ3v) is 6.02. The molecule has 0 radical (unpaired) electrons. The van der Waals surface area contributed by atoms with Crippen LogP contribution < -0.4 is 9.46 Å². The van der Waals surface area contributed by atoms with E-state index in [4.69, 9.17) is 4.74 Å². The fourth-order valence-electron chi connectivity index (χ4n) is 3.00. The van der Waals surface area contributed by atoms with Gasteiger partial charge in [-0.2, -0.15) is 10.2 Å². The molecule has 2 aromatic carbocycles. The molecule has 0 amide bonds. The van der Waals surface area contributed by atoms with Crippen molar-refractivity contribution in [2.45, 2.75) is 30.6 Å².